The van der Waals surface area contributed by atoms with E-state index < -0.39 is 0 Å². The van der Waals surface area contributed by atoms with Crippen LogP contribution in [0.25, 0.3) is 11.1 Å². The van der Waals surface area contributed by atoms with Crippen molar-refractivity contribution in [2.45, 2.75) is 19.0 Å². The maximum absolute atomic E-state index is 3.49. The summed E-state index contributed by atoms with van der Waals surface area (Å²) in [7, 11) is 0. The van der Waals surface area contributed by atoms with Crippen molar-refractivity contribution in [3.63, 3.8) is 0 Å². The molecule has 0 radical (unpaired) electrons. The normalized spacial score (nSPS) is 22.6. The molecule has 0 saturated carbocycles. The van der Waals surface area contributed by atoms with Crippen molar-refractivity contribution < 1.29 is 0 Å². The second kappa shape index (κ2) is 4.72. The molecule has 102 valence electrons. The number of nitrogens with zero attached hydrogens (tertiary/aromatic N) is 1. The van der Waals surface area contributed by atoms with E-state index in [1.54, 1.807) is 0 Å². The van der Waals surface area contributed by atoms with E-state index in [9.17, 15) is 0 Å². The first-order valence-electron chi connectivity index (χ1n) is 7.51. The molecule has 0 unspecified atom stereocenters. The van der Waals surface area contributed by atoms with Gasteiger partial charge in [0.15, 0.2) is 0 Å². The number of fused-ring (bicyclic) bond motifs is 3. The highest BCUT2D eigenvalue weighted by Gasteiger charge is 2.35. The number of benzene rings is 2. The van der Waals surface area contributed by atoms with Gasteiger partial charge in [-0.2, -0.15) is 0 Å². The Morgan fingerprint density at radius 3 is 2.15 bits per heavy atom. The van der Waals surface area contributed by atoms with Gasteiger partial charge < -0.3 is 5.32 Å². The van der Waals surface area contributed by atoms with E-state index in [0.29, 0.717) is 12.1 Å². The first-order chi connectivity index (χ1) is 9.86. The van der Waals surface area contributed by atoms with Gasteiger partial charge in [-0.15, -0.1) is 0 Å². The molecule has 2 aromatic rings. The number of nitrogens with one attached hydrogen (secondary N) is 1. The number of piperazine rings is 1. The zero-order valence-electron chi connectivity index (χ0n) is 11.8. The maximum Gasteiger partial charge on any atom is 0.0617 e. The van der Waals surface area contributed by atoms with Crippen molar-refractivity contribution in [1.82, 2.24) is 10.2 Å². The second-order valence-corrected chi connectivity index (χ2v) is 5.87. The largest absolute Gasteiger partial charge is 0.314 e. The van der Waals surface area contributed by atoms with Gasteiger partial charge in [0.25, 0.3) is 0 Å². The van der Waals surface area contributed by atoms with Crippen LogP contribution in [0.3, 0.4) is 0 Å². The van der Waals surface area contributed by atoms with E-state index in [0.717, 1.165) is 19.6 Å². The highest BCUT2D eigenvalue weighted by molar-refractivity contribution is 5.78. The lowest BCUT2D eigenvalue weighted by molar-refractivity contribution is 0.139. The lowest BCUT2D eigenvalue weighted by Gasteiger charge is -2.39. The molecule has 1 aliphatic heterocycles. The van der Waals surface area contributed by atoms with E-state index in [4.69, 9.17) is 0 Å². The van der Waals surface area contributed by atoms with Crippen LogP contribution in [-0.2, 0) is 0 Å². The summed E-state index contributed by atoms with van der Waals surface area (Å²) in [5, 5.41) is 3.49. The molecule has 2 aliphatic rings. The molecule has 2 nitrogen and oxygen atoms in total. The zero-order chi connectivity index (χ0) is 13.5. The van der Waals surface area contributed by atoms with Gasteiger partial charge >= 0.3 is 0 Å². The third-order valence-electron chi connectivity index (χ3n) is 4.69. The minimum absolute atomic E-state index is 0.430. The van der Waals surface area contributed by atoms with Crippen molar-refractivity contribution in [2.75, 3.05) is 19.6 Å². The van der Waals surface area contributed by atoms with Crippen molar-refractivity contribution in [2.24, 2.45) is 0 Å². The van der Waals surface area contributed by atoms with E-state index in [1.165, 1.54) is 22.3 Å². The molecular weight excluding hydrogens is 244 g/mol. The fourth-order valence-corrected chi connectivity index (χ4v) is 3.73. The molecule has 0 bridgehead atoms. The summed E-state index contributed by atoms with van der Waals surface area (Å²) in [5.41, 5.74) is 5.78. The van der Waals surface area contributed by atoms with Crippen LogP contribution in [0.15, 0.2) is 48.5 Å². The minimum atomic E-state index is 0.430. The van der Waals surface area contributed by atoms with Gasteiger partial charge in [0.2, 0.25) is 0 Å². The van der Waals surface area contributed by atoms with Crippen molar-refractivity contribution in [1.29, 1.82) is 0 Å². The van der Waals surface area contributed by atoms with Gasteiger partial charge in [-0.1, -0.05) is 48.5 Å². The molecule has 1 aliphatic carbocycles. The van der Waals surface area contributed by atoms with Gasteiger partial charge in [0.05, 0.1) is 6.04 Å². The average molecular weight is 264 g/mol. The Labute approximate surface area is 120 Å². The molecule has 2 aromatic carbocycles. The summed E-state index contributed by atoms with van der Waals surface area (Å²) in [4.78, 5) is 2.65. The lowest BCUT2D eigenvalue weighted by atomic mass is 10.0. The van der Waals surface area contributed by atoms with Gasteiger partial charge in [0.1, 0.15) is 0 Å². The van der Waals surface area contributed by atoms with Crippen LogP contribution in [0, 0.1) is 0 Å². The number of rotatable bonds is 1. The minimum Gasteiger partial charge on any atom is -0.314 e. The molecule has 0 amide bonds. The second-order valence-electron chi connectivity index (χ2n) is 5.87. The average Bonchev–Trinajstić information content (AvgIpc) is 2.83. The molecular formula is C18H20N2. The third kappa shape index (κ3) is 1.72. The van der Waals surface area contributed by atoms with Crippen LogP contribution in [0.4, 0.5) is 0 Å². The van der Waals surface area contributed by atoms with Gasteiger partial charge in [-0.3, -0.25) is 4.90 Å². The first kappa shape index (κ1) is 12.1. The Morgan fingerprint density at radius 2 is 1.55 bits per heavy atom. The summed E-state index contributed by atoms with van der Waals surface area (Å²) in [6.07, 6.45) is 0. The van der Waals surface area contributed by atoms with Gasteiger partial charge in [-0.05, 0) is 29.2 Å². The Morgan fingerprint density at radius 1 is 0.950 bits per heavy atom. The Balaban J connectivity index is 1.86. The first-order valence-corrected chi connectivity index (χ1v) is 7.51. The van der Waals surface area contributed by atoms with E-state index >= 15 is 0 Å². The number of hydrogen-bond donors (Lipinski definition) is 1. The molecule has 1 atom stereocenters. The van der Waals surface area contributed by atoms with Crippen LogP contribution < -0.4 is 5.32 Å². The summed E-state index contributed by atoms with van der Waals surface area (Å²) in [6.45, 7) is 5.62. The summed E-state index contributed by atoms with van der Waals surface area (Å²) in [5.74, 6) is 0. The fourth-order valence-electron chi connectivity index (χ4n) is 3.73. The Hall–Kier alpha value is -1.64. The van der Waals surface area contributed by atoms with Crippen LogP contribution in [-0.4, -0.2) is 30.6 Å². The number of hydrogen-bond acceptors (Lipinski definition) is 2. The molecule has 0 spiro atoms. The molecule has 2 heteroatoms. The fraction of sp³-hybridized carbons (Fsp3) is 0.333. The molecule has 20 heavy (non-hydrogen) atoms. The van der Waals surface area contributed by atoms with E-state index in [1.807, 2.05) is 0 Å². The summed E-state index contributed by atoms with van der Waals surface area (Å²) >= 11 is 0. The molecule has 4 rings (SSSR count). The predicted molar refractivity (Wildman–Crippen MR) is 82.8 cm³/mol. The Kier molecular flexibility index (Phi) is 2.86. The molecule has 1 fully saturated rings. The van der Waals surface area contributed by atoms with Crippen LogP contribution in [0.5, 0.6) is 0 Å². The van der Waals surface area contributed by atoms with Crippen LogP contribution >= 0.6 is 0 Å². The molecule has 1 saturated heterocycles. The van der Waals surface area contributed by atoms with Crippen LogP contribution in [0.1, 0.15) is 24.1 Å². The topological polar surface area (TPSA) is 15.3 Å². The van der Waals surface area contributed by atoms with Crippen LogP contribution in [0.2, 0.25) is 0 Å². The zero-order valence-corrected chi connectivity index (χ0v) is 11.8. The highest BCUT2D eigenvalue weighted by Crippen LogP contribution is 2.46. The smallest absolute Gasteiger partial charge is 0.0617 e. The van der Waals surface area contributed by atoms with Gasteiger partial charge in [0, 0.05) is 25.7 Å². The van der Waals surface area contributed by atoms with Crippen molar-refractivity contribution in [3.8, 4) is 11.1 Å². The Bertz CT molecular complexity index is 589. The van der Waals surface area contributed by atoms with Crippen molar-refractivity contribution >= 4 is 0 Å². The quantitative estimate of drug-likeness (QED) is 0.851. The highest BCUT2D eigenvalue weighted by atomic mass is 15.2. The maximum atomic E-state index is 3.49. The van der Waals surface area contributed by atoms with E-state index in [-0.39, 0.29) is 0 Å². The lowest BCUT2D eigenvalue weighted by Crippen LogP contribution is -2.50. The molecule has 0 aromatic heterocycles. The monoisotopic (exact) mass is 264 g/mol. The third-order valence-corrected chi connectivity index (χ3v) is 4.69. The van der Waals surface area contributed by atoms with E-state index in [2.05, 4.69) is 65.7 Å². The molecule has 1 heterocycles. The van der Waals surface area contributed by atoms with Gasteiger partial charge in [-0.25, -0.2) is 0 Å². The SMILES string of the molecule is C[C@@H]1CNCCN1C1c2ccccc2-c2ccccc21. The summed E-state index contributed by atoms with van der Waals surface area (Å²) < 4.78 is 0. The standard InChI is InChI=1S/C18H20N2/c1-13-12-19-10-11-20(13)18-16-8-4-2-6-14(16)15-7-3-5-9-17(15)18/h2-9,13,18-19H,10-12H2,1H3/t13-/m1/s1. The summed E-state index contributed by atoms with van der Waals surface area (Å²) in [6, 6.07) is 18.8. The molecule has 1 N–H and O–H groups in total. The predicted octanol–water partition coefficient (Wildman–Crippen LogP) is 3.05. The van der Waals surface area contributed by atoms with Crippen molar-refractivity contribution in [3.05, 3.63) is 59.7 Å².